The Hall–Kier alpha value is -1.26. The van der Waals surface area contributed by atoms with Gasteiger partial charge >= 0.3 is 0 Å². The summed E-state index contributed by atoms with van der Waals surface area (Å²) in [5.74, 6) is 0.311. The van der Waals surface area contributed by atoms with E-state index in [2.05, 4.69) is 5.32 Å². The van der Waals surface area contributed by atoms with Crippen molar-refractivity contribution in [3.63, 3.8) is 0 Å². The van der Waals surface area contributed by atoms with Crippen LogP contribution in [0.15, 0.2) is 24.3 Å². The molecule has 1 rings (SSSR count). The van der Waals surface area contributed by atoms with Gasteiger partial charge in [-0.05, 0) is 44.5 Å². The second-order valence-electron chi connectivity index (χ2n) is 5.22. The molecule has 5 heteroatoms. The fraction of sp³-hybridized carbons (Fsp3) is 0.533. The summed E-state index contributed by atoms with van der Waals surface area (Å²) in [5, 5.41) is 12.9. The molecule has 0 spiro atoms. The molecule has 0 aliphatic rings. The maximum absolute atomic E-state index is 12.1. The van der Waals surface area contributed by atoms with Gasteiger partial charge in [0, 0.05) is 11.6 Å². The highest BCUT2D eigenvalue weighted by atomic mass is 35.5. The standard InChI is InChI=1S/C15H22ClNO3/c1-4-5-12(18)10-17-14(19)15(2,3)20-13-8-6-11(16)7-9-13/h6-9,12,18H,4-5,10H2,1-3H3,(H,17,19). The van der Waals surface area contributed by atoms with Gasteiger partial charge < -0.3 is 15.2 Å². The summed E-state index contributed by atoms with van der Waals surface area (Å²) in [4.78, 5) is 12.1. The zero-order valence-electron chi connectivity index (χ0n) is 12.1. The minimum Gasteiger partial charge on any atom is -0.478 e. The first-order valence-corrected chi connectivity index (χ1v) is 7.14. The van der Waals surface area contributed by atoms with Gasteiger partial charge in [-0.2, -0.15) is 0 Å². The van der Waals surface area contributed by atoms with Crippen LogP contribution in [0.5, 0.6) is 5.75 Å². The zero-order valence-corrected chi connectivity index (χ0v) is 12.9. The number of ether oxygens (including phenoxy) is 1. The lowest BCUT2D eigenvalue weighted by atomic mass is 10.1. The molecular formula is C15H22ClNO3. The van der Waals surface area contributed by atoms with Gasteiger partial charge in [0.1, 0.15) is 5.75 Å². The SMILES string of the molecule is CCCC(O)CNC(=O)C(C)(C)Oc1ccc(Cl)cc1. The topological polar surface area (TPSA) is 58.6 Å². The van der Waals surface area contributed by atoms with Crippen LogP contribution < -0.4 is 10.1 Å². The molecular weight excluding hydrogens is 278 g/mol. The molecule has 1 atom stereocenters. The van der Waals surface area contributed by atoms with Crippen molar-refractivity contribution in [2.45, 2.75) is 45.3 Å². The van der Waals surface area contributed by atoms with Crippen LogP contribution in [-0.2, 0) is 4.79 Å². The van der Waals surface area contributed by atoms with Gasteiger partial charge in [-0.1, -0.05) is 24.9 Å². The number of carbonyl (C=O) groups excluding carboxylic acids is 1. The van der Waals surface area contributed by atoms with Crippen LogP contribution >= 0.6 is 11.6 Å². The van der Waals surface area contributed by atoms with Crippen LogP contribution in [0.2, 0.25) is 5.02 Å². The Morgan fingerprint density at radius 3 is 2.55 bits per heavy atom. The lowest BCUT2D eigenvalue weighted by Crippen LogP contribution is -2.48. The van der Waals surface area contributed by atoms with Gasteiger partial charge in [-0.15, -0.1) is 0 Å². The van der Waals surface area contributed by atoms with Crippen molar-refractivity contribution in [3.8, 4) is 5.75 Å². The maximum atomic E-state index is 12.1. The van der Waals surface area contributed by atoms with Gasteiger partial charge in [0.25, 0.3) is 5.91 Å². The maximum Gasteiger partial charge on any atom is 0.263 e. The van der Waals surface area contributed by atoms with Crippen molar-refractivity contribution in [2.24, 2.45) is 0 Å². The van der Waals surface area contributed by atoms with Crippen LogP contribution in [-0.4, -0.2) is 29.3 Å². The highest BCUT2D eigenvalue weighted by Gasteiger charge is 2.30. The summed E-state index contributed by atoms with van der Waals surface area (Å²) in [5.41, 5.74) is -1.01. The summed E-state index contributed by atoms with van der Waals surface area (Å²) in [6.45, 7) is 5.59. The van der Waals surface area contributed by atoms with E-state index in [9.17, 15) is 9.90 Å². The average molecular weight is 300 g/mol. The van der Waals surface area contributed by atoms with E-state index in [1.807, 2.05) is 6.92 Å². The molecule has 1 aromatic carbocycles. The number of amides is 1. The van der Waals surface area contributed by atoms with Crippen LogP contribution in [0, 0.1) is 0 Å². The van der Waals surface area contributed by atoms with E-state index in [4.69, 9.17) is 16.3 Å². The van der Waals surface area contributed by atoms with E-state index in [1.54, 1.807) is 38.1 Å². The molecule has 0 radical (unpaired) electrons. The Balaban J connectivity index is 2.54. The van der Waals surface area contributed by atoms with E-state index >= 15 is 0 Å². The fourth-order valence-corrected chi connectivity index (χ4v) is 1.83. The van der Waals surface area contributed by atoms with Crippen molar-refractivity contribution < 1.29 is 14.6 Å². The number of aliphatic hydroxyl groups is 1. The number of halogens is 1. The first-order valence-electron chi connectivity index (χ1n) is 6.76. The Morgan fingerprint density at radius 1 is 1.40 bits per heavy atom. The van der Waals surface area contributed by atoms with E-state index < -0.39 is 11.7 Å². The van der Waals surface area contributed by atoms with Crippen molar-refractivity contribution in [1.82, 2.24) is 5.32 Å². The minimum atomic E-state index is -1.01. The predicted octanol–water partition coefficient (Wildman–Crippen LogP) is 2.77. The summed E-state index contributed by atoms with van der Waals surface area (Å²) in [7, 11) is 0. The lowest BCUT2D eigenvalue weighted by molar-refractivity contribution is -0.134. The third kappa shape index (κ3) is 5.39. The highest BCUT2D eigenvalue weighted by molar-refractivity contribution is 6.30. The first kappa shape index (κ1) is 16.8. The molecule has 1 unspecified atom stereocenters. The number of aliphatic hydroxyl groups excluding tert-OH is 1. The molecule has 4 nitrogen and oxygen atoms in total. The van der Waals surface area contributed by atoms with E-state index in [-0.39, 0.29) is 12.5 Å². The predicted molar refractivity (Wildman–Crippen MR) is 80.1 cm³/mol. The minimum absolute atomic E-state index is 0.236. The Bertz CT molecular complexity index is 431. The van der Waals surface area contributed by atoms with Crippen molar-refractivity contribution in [1.29, 1.82) is 0 Å². The second kappa shape index (κ2) is 7.50. The summed E-state index contributed by atoms with van der Waals surface area (Å²) < 4.78 is 5.66. The second-order valence-corrected chi connectivity index (χ2v) is 5.66. The molecule has 2 N–H and O–H groups in total. The Kier molecular flexibility index (Phi) is 6.30. The number of rotatable bonds is 7. The molecule has 0 fully saturated rings. The van der Waals surface area contributed by atoms with Crippen LogP contribution in [0.4, 0.5) is 0 Å². The molecule has 1 aromatic rings. The number of hydrogen-bond donors (Lipinski definition) is 2. The molecule has 0 aromatic heterocycles. The third-order valence-electron chi connectivity index (χ3n) is 2.85. The quantitative estimate of drug-likeness (QED) is 0.814. The molecule has 0 aliphatic carbocycles. The van der Waals surface area contributed by atoms with Crippen LogP contribution in [0.3, 0.4) is 0 Å². The van der Waals surface area contributed by atoms with Gasteiger partial charge in [0.2, 0.25) is 0 Å². The number of benzene rings is 1. The van der Waals surface area contributed by atoms with Crippen molar-refractivity contribution in [2.75, 3.05) is 6.54 Å². The molecule has 1 amide bonds. The summed E-state index contributed by atoms with van der Waals surface area (Å²) >= 11 is 5.80. The van der Waals surface area contributed by atoms with Crippen LogP contribution in [0.1, 0.15) is 33.6 Å². The number of hydrogen-bond acceptors (Lipinski definition) is 3. The lowest BCUT2D eigenvalue weighted by Gasteiger charge is -2.26. The highest BCUT2D eigenvalue weighted by Crippen LogP contribution is 2.21. The normalized spacial score (nSPS) is 12.8. The van der Waals surface area contributed by atoms with E-state index in [1.165, 1.54) is 0 Å². The first-order chi connectivity index (χ1) is 9.35. The van der Waals surface area contributed by atoms with E-state index in [0.29, 0.717) is 17.2 Å². The van der Waals surface area contributed by atoms with Crippen LogP contribution in [0.25, 0.3) is 0 Å². The number of carbonyl (C=O) groups is 1. The van der Waals surface area contributed by atoms with Gasteiger partial charge in [0.05, 0.1) is 6.10 Å². The molecule has 112 valence electrons. The van der Waals surface area contributed by atoms with Crippen molar-refractivity contribution >= 4 is 17.5 Å². The molecule has 20 heavy (non-hydrogen) atoms. The average Bonchev–Trinajstić information content (AvgIpc) is 2.38. The molecule has 0 saturated carbocycles. The van der Waals surface area contributed by atoms with Gasteiger partial charge in [0.15, 0.2) is 5.60 Å². The molecule has 0 aliphatic heterocycles. The van der Waals surface area contributed by atoms with Gasteiger partial charge in [-0.25, -0.2) is 0 Å². The monoisotopic (exact) mass is 299 g/mol. The Morgan fingerprint density at radius 2 is 2.00 bits per heavy atom. The smallest absolute Gasteiger partial charge is 0.263 e. The van der Waals surface area contributed by atoms with E-state index in [0.717, 1.165) is 6.42 Å². The fourth-order valence-electron chi connectivity index (χ4n) is 1.70. The number of nitrogens with one attached hydrogen (secondary N) is 1. The Labute approximate surface area is 125 Å². The zero-order chi connectivity index (χ0) is 15.2. The van der Waals surface area contributed by atoms with Gasteiger partial charge in [-0.3, -0.25) is 4.79 Å². The largest absolute Gasteiger partial charge is 0.478 e. The molecule has 0 bridgehead atoms. The summed E-state index contributed by atoms with van der Waals surface area (Å²) in [6.07, 6.45) is 1.02. The molecule has 0 saturated heterocycles. The third-order valence-corrected chi connectivity index (χ3v) is 3.11. The molecule has 0 heterocycles. The van der Waals surface area contributed by atoms with Crippen molar-refractivity contribution in [3.05, 3.63) is 29.3 Å². The summed E-state index contributed by atoms with van der Waals surface area (Å²) in [6, 6.07) is 6.83.